The molecule has 0 aromatic carbocycles. The van der Waals surface area contributed by atoms with Gasteiger partial charge in [-0.1, -0.05) is 10.3 Å². The van der Waals surface area contributed by atoms with Gasteiger partial charge >= 0.3 is 6.18 Å². The van der Waals surface area contributed by atoms with Gasteiger partial charge in [-0.25, -0.2) is 4.63 Å². The topological polar surface area (TPSA) is 51.0 Å². The van der Waals surface area contributed by atoms with E-state index in [0.717, 1.165) is 0 Å². The van der Waals surface area contributed by atoms with Gasteiger partial charge < -0.3 is 5.32 Å². The van der Waals surface area contributed by atoms with Crippen molar-refractivity contribution >= 4 is 0 Å². The number of rotatable bonds is 4. The molecule has 1 rings (SSSR count). The highest BCUT2D eigenvalue weighted by molar-refractivity contribution is 5.03. The highest BCUT2D eigenvalue weighted by Gasteiger charge is 2.25. The third-order valence-electron chi connectivity index (χ3n) is 1.62. The number of hydrogen-bond acceptors (Lipinski definition) is 4. The van der Waals surface area contributed by atoms with Gasteiger partial charge in [0.1, 0.15) is 11.4 Å². The van der Waals surface area contributed by atoms with Gasteiger partial charge in [-0.05, 0) is 6.92 Å². The first-order chi connectivity index (χ1) is 6.49. The average molecular weight is 209 g/mol. The van der Waals surface area contributed by atoms with E-state index in [-0.39, 0.29) is 13.1 Å². The fourth-order valence-corrected chi connectivity index (χ4v) is 0.847. The van der Waals surface area contributed by atoms with E-state index in [1.165, 1.54) is 0 Å². The van der Waals surface area contributed by atoms with Gasteiger partial charge in [-0.2, -0.15) is 13.2 Å². The molecule has 0 bridgehead atoms. The Bertz CT molecular complexity index is 284. The predicted molar refractivity (Wildman–Crippen MR) is 41.4 cm³/mol. The smallest absolute Gasteiger partial charge is 0.311 e. The lowest BCUT2D eigenvalue weighted by atomic mass is 10.3. The first-order valence-corrected chi connectivity index (χ1v) is 4.04. The summed E-state index contributed by atoms with van der Waals surface area (Å²) >= 11 is 0. The molecule has 7 heteroatoms. The second kappa shape index (κ2) is 4.41. The highest BCUT2D eigenvalue weighted by atomic mass is 19.4. The zero-order valence-corrected chi connectivity index (χ0v) is 7.56. The Morgan fingerprint density at radius 3 is 2.57 bits per heavy atom. The lowest BCUT2D eigenvalue weighted by molar-refractivity contribution is -0.133. The van der Waals surface area contributed by atoms with Gasteiger partial charge in [0.25, 0.3) is 0 Å². The predicted octanol–water partition coefficient (Wildman–Crippen LogP) is 1.42. The maximum Gasteiger partial charge on any atom is 0.390 e. The molecule has 0 amide bonds. The molecule has 0 aliphatic rings. The minimum absolute atomic E-state index is 0.129. The van der Waals surface area contributed by atoms with Gasteiger partial charge in [0.2, 0.25) is 0 Å². The van der Waals surface area contributed by atoms with Crippen LogP contribution >= 0.6 is 0 Å². The van der Waals surface area contributed by atoms with Crippen LogP contribution in [-0.4, -0.2) is 23.0 Å². The molecule has 80 valence electrons. The van der Waals surface area contributed by atoms with Gasteiger partial charge in [-0.3, -0.25) is 0 Å². The van der Waals surface area contributed by atoms with E-state index in [0.29, 0.717) is 11.4 Å². The van der Waals surface area contributed by atoms with Crippen molar-refractivity contribution in [1.29, 1.82) is 0 Å². The molecule has 1 N–H and O–H groups in total. The van der Waals surface area contributed by atoms with E-state index in [4.69, 9.17) is 0 Å². The Hall–Kier alpha value is -1.11. The van der Waals surface area contributed by atoms with Gasteiger partial charge in [0.15, 0.2) is 0 Å². The second-order valence-electron chi connectivity index (χ2n) is 2.84. The molecule has 0 aliphatic carbocycles. The standard InChI is InChI=1S/C7H10F3N3O/c1-5-6(13-14-12-5)4-11-3-2-7(8,9)10/h11H,2-4H2,1H3. The molecule has 14 heavy (non-hydrogen) atoms. The molecule has 1 aromatic rings. The molecular formula is C7H10F3N3O. The minimum atomic E-state index is -4.12. The Balaban J connectivity index is 2.20. The van der Waals surface area contributed by atoms with Crippen LogP contribution < -0.4 is 5.32 Å². The fourth-order valence-electron chi connectivity index (χ4n) is 0.847. The van der Waals surface area contributed by atoms with Crippen molar-refractivity contribution in [3.8, 4) is 0 Å². The first-order valence-electron chi connectivity index (χ1n) is 4.04. The molecule has 4 nitrogen and oxygen atoms in total. The zero-order valence-electron chi connectivity index (χ0n) is 7.56. The third-order valence-corrected chi connectivity index (χ3v) is 1.62. The summed E-state index contributed by atoms with van der Waals surface area (Å²) in [4.78, 5) is 0. The van der Waals surface area contributed by atoms with Crippen LogP contribution in [0.4, 0.5) is 13.2 Å². The van der Waals surface area contributed by atoms with Crippen molar-refractivity contribution in [3.63, 3.8) is 0 Å². The molecule has 0 saturated carbocycles. The van der Waals surface area contributed by atoms with Crippen LogP contribution in [0.25, 0.3) is 0 Å². The van der Waals surface area contributed by atoms with Crippen molar-refractivity contribution < 1.29 is 17.8 Å². The van der Waals surface area contributed by atoms with Crippen molar-refractivity contribution in [3.05, 3.63) is 11.4 Å². The summed E-state index contributed by atoms with van der Waals surface area (Å²) in [6.45, 7) is 1.79. The summed E-state index contributed by atoms with van der Waals surface area (Å²) in [5.74, 6) is 0. The molecule has 0 fully saturated rings. The van der Waals surface area contributed by atoms with Gasteiger partial charge in [-0.15, -0.1) is 0 Å². The third kappa shape index (κ3) is 3.73. The summed E-state index contributed by atoms with van der Waals surface area (Å²) in [6, 6.07) is 0. The normalized spacial score (nSPS) is 12.0. The minimum Gasteiger partial charge on any atom is -0.311 e. The van der Waals surface area contributed by atoms with Gasteiger partial charge in [0, 0.05) is 13.1 Å². The van der Waals surface area contributed by atoms with Crippen molar-refractivity contribution in [2.75, 3.05) is 6.54 Å². The molecule has 1 heterocycles. The van der Waals surface area contributed by atoms with Gasteiger partial charge in [0.05, 0.1) is 6.42 Å². The summed E-state index contributed by atoms with van der Waals surface area (Å²) in [7, 11) is 0. The van der Waals surface area contributed by atoms with E-state index in [9.17, 15) is 13.2 Å². The van der Waals surface area contributed by atoms with Crippen LogP contribution in [0.5, 0.6) is 0 Å². The molecule has 0 spiro atoms. The number of hydrogen-bond donors (Lipinski definition) is 1. The summed E-state index contributed by atoms with van der Waals surface area (Å²) in [6.07, 6.45) is -4.97. The SMILES string of the molecule is Cc1nonc1CNCCC(F)(F)F. The summed E-state index contributed by atoms with van der Waals surface area (Å²) < 4.78 is 39.5. The Labute approximate surface area is 78.4 Å². The number of aromatic nitrogens is 2. The Morgan fingerprint density at radius 1 is 1.36 bits per heavy atom. The monoisotopic (exact) mass is 209 g/mol. The van der Waals surface area contributed by atoms with Crippen LogP contribution in [-0.2, 0) is 6.54 Å². The molecule has 0 saturated heterocycles. The van der Waals surface area contributed by atoms with E-state index in [1.807, 2.05) is 0 Å². The quantitative estimate of drug-likeness (QED) is 0.762. The lowest BCUT2D eigenvalue weighted by Gasteiger charge is -2.05. The molecular weight excluding hydrogens is 199 g/mol. The van der Waals surface area contributed by atoms with Crippen LogP contribution in [0.2, 0.25) is 0 Å². The van der Waals surface area contributed by atoms with Crippen LogP contribution in [0, 0.1) is 6.92 Å². The second-order valence-corrected chi connectivity index (χ2v) is 2.84. The number of nitrogens with one attached hydrogen (secondary N) is 1. The van der Waals surface area contributed by atoms with Crippen LogP contribution in [0.3, 0.4) is 0 Å². The maximum absolute atomic E-state index is 11.7. The molecule has 0 aliphatic heterocycles. The van der Waals surface area contributed by atoms with Crippen LogP contribution in [0.1, 0.15) is 17.8 Å². The van der Waals surface area contributed by atoms with E-state index in [2.05, 4.69) is 20.3 Å². The van der Waals surface area contributed by atoms with E-state index in [1.54, 1.807) is 6.92 Å². The first kappa shape index (κ1) is 11.0. The summed E-state index contributed by atoms with van der Waals surface area (Å²) in [5.41, 5.74) is 1.12. The highest BCUT2D eigenvalue weighted by Crippen LogP contribution is 2.18. The number of nitrogens with zero attached hydrogens (tertiary/aromatic N) is 2. The summed E-state index contributed by atoms with van der Waals surface area (Å²) in [5, 5.41) is 9.62. The number of halogens is 3. The van der Waals surface area contributed by atoms with Crippen molar-refractivity contribution in [2.45, 2.75) is 26.1 Å². The molecule has 0 unspecified atom stereocenters. The van der Waals surface area contributed by atoms with Crippen LogP contribution in [0.15, 0.2) is 4.63 Å². The fraction of sp³-hybridized carbons (Fsp3) is 0.714. The van der Waals surface area contributed by atoms with Crippen molar-refractivity contribution in [1.82, 2.24) is 15.6 Å². The lowest BCUT2D eigenvalue weighted by Crippen LogP contribution is -2.21. The number of alkyl halides is 3. The van der Waals surface area contributed by atoms with E-state index >= 15 is 0 Å². The molecule has 1 aromatic heterocycles. The zero-order chi connectivity index (χ0) is 10.6. The average Bonchev–Trinajstić information content (AvgIpc) is 2.44. The largest absolute Gasteiger partial charge is 0.390 e. The number of aryl methyl sites for hydroxylation is 1. The molecule has 0 atom stereocenters. The maximum atomic E-state index is 11.7. The van der Waals surface area contributed by atoms with Crippen molar-refractivity contribution in [2.24, 2.45) is 0 Å². The Kier molecular flexibility index (Phi) is 3.45. The Morgan fingerprint density at radius 2 is 2.07 bits per heavy atom. The van der Waals surface area contributed by atoms with E-state index < -0.39 is 12.6 Å². The molecule has 0 radical (unpaired) electrons.